The molecule has 0 saturated carbocycles. The van der Waals surface area contributed by atoms with Crippen LogP contribution in [0.4, 0.5) is 14.5 Å². The average molecular weight is 249 g/mol. The Balaban J connectivity index is 1.97. The van der Waals surface area contributed by atoms with Gasteiger partial charge in [-0.05, 0) is 25.1 Å². The first-order valence-electron chi connectivity index (χ1n) is 5.90. The molecule has 1 fully saturated rings. The van der Waals surface area contributed by atoms with Gasteiger partial charge < -0.3 is 4.90 Å². The Morgan fingerprint density at radius 2 is 2.17 bits per heavy atom. The van der Waals surface area contributed by atoms with E-state index in [1.54, 1.807) is 11.1 Å². The molecule has 1 aromatic carbocycles. The van der Waals surface area contributed by atoms with Gasteiger partial charge in [0, 0.05) is 30.2 Å². The number of hydrogen-bond donors (Lipinski definition) is 0. The van der Waals surface area contributed by atoms with Crippen LogP contribution in [0.1, 0.15) is 12.2 Å². The molecule has 0 unspecified atom stereocenters. The normalized spacial score (nSPS) is 18.5. The summed E-state index contributed by atoms with van der Waals surface area (Å²) in [5.74, 6) is -1.86. The lowest BCUT2D eigenvalue weighted by atomic mass is 10.2. The summed E-state index contributed by atoms with van der Waals surface area (Å²) in [6.07, 6.45) is 1.66. The number of aryl methyl sites for hydroxylation is 1. The standard InChI is InChI=1S/C13H13F2N3/c1-9-16-7-10-6-11(2-3-12(10)17-9)18-5-4-13(14,15)8-18/h2-3,6-7H,4-5,8H2,1H3. The Hall–Kier alpha value is -1.78. The number of hydrogen-bond acceptors (Lipinski definition) is 3. The monoisotopic (exact) mass is 249 g/mol. The number of benzene rings is 1. The van der Waals surface area contributed by atoms with Gasteiger partial charge in [-0.2, -0.15) is 0 Å². The predicted molar refractivity (Wildman–Crippen MR) is 66.1 cm³/mol. The summed E-state index contributed by atoms with van der Waals surface area (Å²) in [7, 11) is 0. The quantitative estimate of drug-likeness (QED) is 0.778. The number of halogens is 2. The van der Waals surface area contributed by atoms with Crippen LogP contribution in [-0.2, 0) is 0 Å². The molecule has 0 radical (unpaired) electrons. The van der Waals surface area contributed by atoms with Crippen LogP contribution < -0.4 is 4.90 Å². The van der Waals surface area contributed by atoms with E-state index in [1.165, 1.54) is 0 Å². The fourth-order valence-corrected chi connectivity index (χ4v) is 2.27. The zero-order valence-corrected chi connectivity index (χ0v) is 10.0. The fourth-order valence-electron chi connectivity index (χ4n) is 2.27. The molecule has 1 aromatic heterocycles. The van der Waals surface area contributed by atoms with Crippen LogP contribution >= 0.6 is 0 Å². The maximum Gasteiger partial charge on any atom is 0.266 e. The number of nitrogens with zero attached hydrogens (tertiary/aromatic N) is 3. The van der Waals surface area contributed by atoms with E-state index >= 15 is 0 Å². The minimum absolute atomic E-state index is 0.0740. The molecule has 2 aromatic rings. The molecule has 0 atom stereocenters. The zero-order valence-electron chi connectivity index (χ0n) is 10.0. The molecule has 0 amide bonds. The number of alkyl halides is 2. The molecule has 5 heteroatoms. The highest BCUT2D eigenvalue weighted by atomic mass is 19.3. The summed E-state index contributed by atoms with van der Waals surface area (Å²) in [5, 5.41) is 0.883. The van der Waals surface area contributed by atoms with Crippen molar-refractivity contribution in [1.82, 2.24) is 9.97 Å². The van der Waals surface area contributed by atoms with Gasteiger partial charge in [-0.25, -0.2) is 18.7 Å². The summed E-state index contributed by atoms with van der Waals surface area (Å²) in [6.45, 7) is 2.02. The molecule has 1 aliphatic rings. The van der Waals surface area contributed by atoms with Gasteiger partial charge >= 0.3 is 0 Å². The Morgan fingerprint density at radius 1 is 1.33 bits per heavy atom. The highest BCUT2D eigenvalue weighted by molar-refractivity contribution is 5.81. The minimum Gasteiger partial charge on any atom is -0.365 e. The maximum absolute atomic E-state index is 13.2. The second kappa shape index (κ2) is 3.86. The van der Waals surface area contributed by atoms with Crippen LogP contribution in [-0.4, -0.2) is 29.0 Å². The van der Waals surface area contributed by atoms with Crippen LogP contribution in [0.25, 0.3) is 10.9 Å². The Bertz CT molecular complexity index is 598. The SMILES string of the molecule is Cc1ncc2cc(N3CCC(F)(F)C3)ccc2n1. The third-order valence-corrected chi connectivity index (χ3v) is 3.22. The molecule has 3 rings (SSSR count). The molecule has 2 heterocycles. The summed E-state index contributed by atoms with van der Waals surface area (Å²) in [6, 6.07) is 5.57. The van der Waals surface area contributed by atoms with E-state index < -0.39 is 5.92 Å². The number of aromatic nitrogens is 2. The predicted octanol–water partition coefficient (Wildman–Crippen LogP) is 2.78. The Labute approximate surface area is 103 Å². The van der Waals surface area contributed by atoms with E-state index in [0.29, 0.717) is 12.4 Å². The lowest BCUT2D eigenvalue weighted by molar-refractivity contribution is 0.0257. The minimum atomic E-state index is -2.57. The first kappa shape index (κ1) is 11.3. The van der Waals surface area contributed by atoms with Crippen LogP contribution in [0.3, 0.4) is 0 Å². The van der Waals surface area contributed by atoms with Gasteiger partial charge in [0.15, 0.2) is 0 Å². The third-order valence-electron chi connectivity index (χ3n) is 3.22. The van der Waals surface area contributed by atoms with Crippen molar-refractivity contribution in [3.8, 4) is 0 Å². The molecular weight excluding hydrogens is 236 g/mol. The van der Waals surface area contributed by atoms with E-state index in [9.17, 15) is 8.78 Å². The largest absolute Gasteiger partial charge is 0.365 e. The van der Waals surface area contributed by atoms with Crippen molar-refractivity contribution in [1.29, 1.82) is 0 Å². The van der Waals surface area contributed by atoms with E-state index in [2.05, 4.69) is 9.97 Å². The first-order chi connectivity index (χ1) is 8.53. The molecule has 94 valence electrons. The maximum atomic E-state index is 13.2. The van der Waals surface area contributed by atoms with Gasteiger partial charge in [0.1, 0.15) is 5.82 Å². The lowest BCUT2D eigenvalue weighted by Crippen LogP contribution is -2.24. The highest BCUT2D eigenvalue weighted by Gasteiger charge is 2.38. The average Bonchev–Trinajstić information content (AvgIpc) is 2.69. The molecule has 0 bridgehead atoms. The van der Waals surface area contributed by atoms with Gasteiger partial charge in [0.05, 0.1) is 12.1 Å². The van der Waals surface area contributed by atoms with Crippen molar-refractivity contribution in [3.05, 3.63) is 30.2 Å². The van der Waals surface area contributed by atoms with Crippen LogP contribution in [0.5, 0.6) is 0 Å². The van der Waals surface area contributed by atoms with Crippen molar-refractivity contribution in [3.63, 3.8) is 0 Å². The topological polar surface area (TPSA) is 29.0 Å². The fraction of sp³-hybridized carbons (Fsp3) is 0.385. The number of rotatable bonds is 1. The van der Waals surface area contributed by atoms with Crippen molar-refractivity contribution >= 4 is 16.6 Å². The first-order valence-corrected chi connectivity index (χ1v) is 5.90. The lowest BCUT2D eigenvalue weighted by Gasteiger charge is -2.18. The molecule has 0 aliphatic carbocycles. The Kier molecular flexibility index (Phi) is 2.43. The third kappa shape index (κ3) is 2.00. The number of anilines is 1. The van der Waals surface area contributed by atoms with Crippen molar-refractivity contribution in [2.24, 2.45) is 0 Å². The van der Waals surface area contributed by atoms with E-state index in [4.69, 9.17) is 0 Å². The summed E-state index contributed by atoms with van der Waals surface area (Å²) in [4.78, 5) is 10.1. The summed E-state index contributed by atoms with van der Waals surface area (Å²) >= 11 is 0. The van der Waals surface area contributed by atoms with Gasteiger partial charge in [-0.15, -0.1) is 0 Å². The molecule has 1 saturated heterocycles. The molecular formula is C13H13F2N3. The molecule has 1 aliphatic heterocycles. The van der Waals surface area contributed by atoms with E-state index in [1.807, 2.05) is 25.1 Å². The van der Waals surface area contributed by atoms with Gasteiger partial charge in [-0.3, -0.25) is 0 Å². The highest BCUT2D eigenvalue weighted by Crippen LogP contribution is 2.31. The van der Waals surface area contributed by atoms with Gasteiger partial charge in [0.2, 0.25) is 0 Å². The smallest absolute Gasteiger partial charge is 0.266 e. The van der Waals surface area contributed by atoms with Crippen molar-refractivity contribution < 1.29 is 8.78 Å². The van der Waals surface area contributed by atoms with Crippen molar-refractivity contribution in [2.45, 2.75) is 19.3 Å². The number of fused-ring (bicyclic) bond motifs is 1. The summed E-state index contributed by atoms with van der Waals surface area (Å²) < 4.78 is 26.4. The summed E-state index contributed by atoms with van der Waals surface area (Å²) in [5.41, 5.74) is 1.66. The van der Waals surface area contributed by atoms with Crippen LogP contribution in [0.2, 0.25) is 0 Å². The van der Waals surface area contributed by atoms with E-state index in [-0.39, 0.29) is 13.0 Å². The van der Waals surface area contributed by atoms with Crippen molar-refractivity contribution in [2.75, 3.05) is 18.0 Å². The second-order valence-corrected chi connectivity index (χ2v) is 4.69. The Morgan fingerprint density at radius 3 is 2.89 bits per heavy atom. The molecule has 0 N–H and O–H groups in total. The molecule has 0 spiro atoms. The van der Waals surface area contributed by atoms with E-state index in [0.717, 1.165) is 16.6 Å². The second-order valence-electron chi connectivity index (χ2n) is 4.69. The van der Waals surface area contributed by atoms with Crippen LogP contribution in [0, 0.1) is 6.92 Å². The zero-order chi connectivity index (χ0) is 12.8. The van der Waals surface area contributed by atoms with Gasteiger partial charge in [-0.1, -0.05) is 0 Å². The van der Waals surface area contributed by atoms with Gasteiger partial charge in [0.25, 0.3) is 5.92 Å². The van der Waals surface area contributed by atoms with Crippen LogP contribution in [0.15, 0.2) is 24.4 Å². The molecule has 3 nitrogen and oxygen atoms in total. The molecule has 18 heavy (non-hydrogen) atoms.